The minimum Gasteiger partial charge on any atom is -0.508 e. The Labute approximate surface area is 197 Å². The number of carbonyl (C=O) groups excluding carboxylic acids is 3. The van der Waals surface area contributed by atoms with Crippen molar-refractivity contribution in [1.82, 2.24) is 0 Å². The molecule has 182 valence electrons. The number of primary amides is 1. The molecule has 1 fully saturated rings. The van der Waals surface area contributed by atoms with Gasteiger partial charge in [0.1, 0.15) is 22.8 Å². The van der Waals surface area contributed by atoms with E-state index in [1.807, 2.05) is 6.07 Å². The van der Waals surface area contributed by atoms with Crippen LogP contribution in [-0.4, -0.2) is 43.5 Å². The van der Waals surface area contributed by atoms with E-state index in [0.717, 1.165) is 36.8 Å². The summed E-state index contributed by atoms with van der Waals surface area (Å²) >= 11 is 0. The van der Waals surface area contributed by atoms with E-state index >= 15 is 0 Å². The van der Waals surface area contributed by atoms with E-state index < -0.39 is 52.0 Å². The highest BCUT2D eigenvalue weighted by Gasteiger charge is 2.60. The van der Waals surface area contributed by atoms with Crippen LogP contribution in [0.5, 0.6) is 5.75 Å². The summed E-state index contributed by atoms with van der Waals surface area (Å²) < 4.78 is 0. The van der Waals surface area contributed by atoms with Crippen LogP contribution in [0.25, 0.3) is 5.76 Å². The molecule has 6 N–H and O–H groups in total. The molecule has 4 rings (SSSR count). The first kappa shape index (κ1) is 24.0. The van der Waals surface area contributed by atoms with Crippen LogP contribution in [0.3, 0.4) is 0 Å². The lowest BCUT2D eigenvalue weighted by Crippen LogP contribution is -2.58. The van der Waals surface area contributed by atoms with E-state index in [1.165, 1.54) is 6.07 Å². The fourth-order valence-corrected chi connectivity index (χ4v) is 5.77. The number of aromatic hydroxyl groups is 1. The van der Waals surface area contributed by atoms with Gasteiger partial charge in [0.05, 0.1) is 5.56 Å². The molecule has 3 aliphatic carbocycles. The highest BCUT2D eigenvalue weighted by molar-refractivity contribution is 6.22. The quantitative estimate of drug-likeness (QED) is 0.401. The largest absolute Gasteiger partial charge is 0.508 e. The van der Waals surface area contributed by atoms with Crippen LogP contribution in [0.1, 0.15) is 62.6 Å². The Bertz CT molecular complexity index is 1150. The summed E-state index contributed by atoms with van der Waals surface area (Å²) in [5, 5.41) is 43.5. The number of rotatable bonds is 6. The number of fused-ring (bicyclic) bond motifs is 3. The molecule has 1 unspecified atom stereocenters. The molecule has 1 aromatic rings. The zero-order chi connectivity index (χ0) is 24.9. The molecular formula is C26H31NO7. The number of ketones is 2. The molecule has 0 aromatic heterocycles. The first-order valence-electron chi connectivity index (χ1n) is 11.8. The van der Waals surface area contributed by atoms with Gasteiger partial charge in [0.2, 0.25) is 5.78 Å². The van der Waals surface area contributed by atoms with Crippen molar-refractivity contribution in [3.05, 3.63) is 45.7 Å². The minimum absolute atomic E-state index is 0.108. The lowest BCUT2D eigenvalue weighted by Gasteiger charge is -2.46. The van der Waals surface area contributed by atoms with Crippen LogP contribution >= 0.6 is 0 Å². The van der Waals surface area contributed by atoms with Crippen molar-refractivity contribution in [3.63, 3.8) is 0 Å². The van der Waals surface area contributed by atoms with E-state index in [-0.39, 0.29) is 29.7 Å². The Morgan fingerprint density at radius 2 is 1.91 bits per heavy atom. The Hall–Kier alpha value is -3.13. The third-order valence-electron chi connectivity index (χ3n) is 7.88. The maximum absolute atomic E-state index is 13.5. The molecule has 34 heavy (non-hydrogen) atoms. The first-order valence-corrected chi connectivity index (χ1v) is 11.8. The van der Waals surface area contributed by atoms with E-state index in [1.54, 1.807) is 0 Å². The van der Waals surface area contributed by atoms with Gasteiger partial charge >= 0.3 is 0 Å². The van der Waals surface area contributed by atoms with Crippen molar-refractivity contribution < 1.29 is 34.8 Å². The second-order valence-corrected chi connectivity index (χ2v) is 9.91. The van der Waals surface area contributed by atoms with Crippen molar-refractivity contribution in [3.8, 4) is 5.75 Å². The molecule has 3 aliphatic rings. The lowest BCUT2D eigenvalue weighted by atomic mass is 9.59. The van der Waals surface area contributed by atoms with Crippen molar-refractivity contribution >= 4 is 23.2 Å². The zero-order valence-electron chi connectivity index (χ0n) is 19.4. The van der Waals surface area contributed by atoms with Gasteiger partial charge in [-0.05, 0) is 54.7 Å². The van der Waals surface area contributed by atoms with Gasteiger partial charge in [0, 0.05) is 17.9 Å². The maximum Gasteiger partial charge on any atom is 0.255 e. The molecular weight excluding hydrogens is 438 g/mol. The number of hydrogen-bond acceptors (Lipinski definition) is 7. The summed E-state index contributed by atoms with van der Waals surface area (Å²) in [7, 11) is 0. The van der Waals surface area contributed by atoms with Gasteiger partial charge in [-0.25, -0.2) is 0 Å². The molecule has 8 heteroatoms. The lowest BCUT2D eigenvalue weighted by molar-refractivity contribution is -0.147. The van der Waals surface area contributed by atoms with Gasteiger partial charge in [0.25, 0.3) is 5.91 Å². The number of carbonyl (C=O) groups is 3. The Morgan fingerprint density at radius 3 is 2.56 bits per heavy atom. The maximum atomic E-state index is 13.5. The number of phenols is 1. The number of Topliss-reactive ketones (excluding diaryl/α,β-unsaturated/α-hetero) is 2. The number of phenolic OH excluding ortho intramolecular Hbond substituents is 1. The van der Waals surface area contributed by atoms with Crippen LogP contribution in [0.15, 0.2) is 29.0 Å². The van der Waals surface area contributed by atoms with Gasteiger partial charge in [0.15, 0.2) is 11.4 Å². The molecule has 1 amide bonds. The Morgan fingerprint density at radius 1 is 1.21 bits per heavy atom. The smallest absolute Gasteiger partial charge is 0.255 e. The monoisotopic (exact) mass is 469 g/mol. The first-order chi connectivity index (χ1) is 16.0. The molecule has 1 aromatic carbocycles. The predicted octanol–water partition coefficient (Wildman–Crippen LogP) is 2.79. The summed E-state index contributed by atoms with van der Waals surface area (Å²) in [6.45, 7) is 4.34. The molecule has 1 saturated carbocycles. The summed E-state index contributed by atoms with van der Waals surface area (Å²) in [6, 6.07) is 3.32. The zero-order valence-corrected chi connectivity index (χ0v) is 19.4. The molecule has 0 radical (unpaired) electrons. The molecule has 4 atom stereocenters. The van der Waals surface area contributed by atoms with Crippen LogP contribution in [0.4, 0.5) is 0 Å². The second-order valence-electron chi connectivity index (χ2n) is 9.91. The number of nitrogens with two attached hydrogens (primary N) is 1. The van der Waals surface area contributed by atoms with E-state index in [0.29, 0.717) is 12.3 Å². The normalized spacial score (nSPS) is 27.3. The van der Waals surface area contributed by atoms with E-state index in [2.05, 4.69) is 13.8 Å². The highest BCUT2D eigenvalue weighted by atomic mass is 16.3. The van der Waals surface area contributed by atoms with E-state index in [4.69, 9.17) is 5.73 Å². The van der Waals surface area contributed by atoms with Crippen molar-refractivity contribution in [2.75, 3.05) is 0 Å². The van der Waals surface area contributed by atoms with Gasteiger partial charge < -0.3 is 26.2 Å². The van der Waals surface area contributed by atoms with Crippen molar-refractivity contribution in [1.29, 1.82) is 0 Å². The number of benzene rings is 1. The predicted molar refractivity (Wildman–Crippen MR) is 124 cm³/mol. The average molecular weight is 470 g/mol. The van der Waals surface area contributed by atoms with Gasteiger partial charge in [-0.3, -0.25) is 14.4 Å². The van der Waals surface area contributed by atoms with Crippen LogP contribution in [0.2, 0.25) is 0 Å². The third kappa shape index (κ3) is 3.52. The molecule has 0 heterocycles. The Kier molecular flexibility index (Phi) is 6.06. The van der Waals surface area contributed by atoms with Crippen molar-refractivity contribution in [2.45, 2.75) is 64.4 Å². The van der Waals surface area contributed by atoms with Gasteiger partial charge in [-0.2, -0.15) is 0 Å². The van der Waals surface area contributed by atoms with Crippen LogP contribution in [-0.2, 0) is 27.2 Å². The molecule has 0 bridgehead atoms. The van der Waals surface area contributed by atoms with Gasteiger partial charge in [-0.1, -0.05) is 32.8 Å². The number of aliphatic hydroxyl groups excluding tert-OH is 2. The number of hydrogen-bond donors (Lipinski definition) is 5. The number of aliphatic hydroxyl groups is 3. The Balaban J connectivity index is 1.78. The van der Waals surface area contributed by atoms with Crippen LogP contribution in [0, 0.1) is 17.8 Å². The number of aryl methyl sites for hydroxylation is 1. The summed E-state index contributed by atoms with van der Waals surface area (Å²) in [4.78, 5) is 37.6. The summed E-state index contributed by atoms with van der Waals surface area (Å²) in [5.41, 5.74) is 3.68. The molecule has 0 saturated heterocycles. The third-order valence-corrected chi connectivity index (χ3v) is 7.88. The number of amides is 1. The van der Waals surface area contributed by atoms with Gasteiger partial charge in [-0.15, -0.1) is 0 Å². The highest BCUT2D eigenvalue weighted by Crippen LogP contribution is 2.52. The standard InChI is InChI=1S/C26H31NO7/c1-3-12(2)5-4-6-13-7-8-17(28)20-16(13)10-14-9-15-11-18(29)21(25(27)33)24(32)26(15,34)23(31)19(14)22(20)30/h7-8,12,14-15,28,30,32,34H,3-6,9-11H2,1-2H3,(H2,27,33)/t12?,14-,15+,26+/m1/s1. The molecule has 8 nitrogen and oxygen atoms in total. The fourth-order valence-electron chi connectivity index (χ4n) is 5.77. The van der Waals surface area contributed by atoms with Crippen molar-refractivity contribution in [2.24, 2.45) is 23.5 Å². The second kappa shape index (κ2) is 8.58. The molecule has 0 spiro atoms. The minimum atomic E-state index is -2.53. The van der Waals surface area contributed by atoms with E-state index in [9.17, 15) is 34.8 Å². The summed E-state index contributed by atoms with van der Waals surface area (Å²) in [5.74, 6) is -5.45. The average Bonchev–Trinajstić information content (AvgIpc) is 2.77. The summed E-state index contributed by atoms with van der Waals surface area (Å²) in [6.07, 6.45) is 4.01. The van der Waals surface area contributed by atoms with Crippen LogP contribution < -0.4 is 5.73 Å². The topological polar surface area (TPSA) is 158 Å². The molecule has 0 aliphatic heterocycles. The fraction of sp³-hybridized carbons (Fsp3) is 0.500. The SMILES string of the molecule is CCC(C)CCCc1ccc(O)c2c1C[C@H]1C[C@H]3CC(=O)C(C(N)=O)=C(O)[C@@]3(O)C(=O)C1=C2O.